The fourth-order valence-corrected chi connectivity index (χ4v) is 2.60. The molecule has 28 heavy (non-hydrogen) atoms. The minimum atomic E-state index is -1.08. The normalized spacial score (nSPS) is 11.8. The van der Waals surface area contributed by atoms with Gasteiger partial charge in [-0.15, -0.1) is 0 Å². The summed E-state index contributed by atoms with van der Waals surface area (Å²) in [5.41, 5.74) is 1.26. The van der Waals surface area contributed by atoms with E-state index in [9.17, 15) is 14.4 Å². The first-order chi connectivity index (χ1) is 13.1. The average molecular weight is 408 g/mol. The Morgan fingerprint density at radius 1 is 1.11 bits per heavy atom. The summed E-state index contributed by atoms with van der Waals surface area (Å²) < 4.78 is 10.4. The molecule has 8 nitrogen and oxygen atoms in total. The number of aromatic nitrogens is 2. The van der Waals surface area contributed by atoms with Crippen molar-refractivity contribution in [3.05, 3.63) is 45.9 Å². The molecule has 9 heteroatoms. The first kappa shape index (κ1) is 21.4. The molecule has 0 saturated carbocycles. The molecule has 0 saturated heterocycles. The number of halogens is 1. The summed E-state index contributed by atoms with van der Waals surface area (Å²) in [6.07, 6.45) is 0.0114. The molecular formula is C19H22ClN3O5. The molecule has 2 heterocycles. The fraction of sp³-hybridized carbons (Fsp3) is 0.368. The van der Waals surface area contributed by atoms with E-state index in [0.29, 0.717) is 16.3 Å². The number of aromatic amines is 1. The summed E-state index contributed by atoms with van der Waals surface area (Å²) in [5.74, 6) is -1.55. The Labute approximate surface area is 167 Å². The van der Waals surface area contributed by atoms with Gasteiger partial charge in [0.2, 0.25) is 0 Å². The number of H-pyrrole nitrogens is 1. The number of carbonyl (C=O) groups excluding carboxylic acids is 3. The molecule has 0 bridgehead atoms. The number of hydrogen-bond donors (Lipinski definition) is 2. The second-order valence-corrected chi connectivity index (χ2v) is 6.91. The van der Waals surface area contributed by atoms with Gasteiger partial charge >= 0.3 is 11.9 Å². The predicted molar refractivity (Wildman–Crippen MR) is 104 cm³/mol. The van der Waals surface area contributed by atoms with Crippen LogP contribution in [0, 0.1) is 13.8 Å². The van der Waals surface area contributed by atoms with Crippen molar-refractivity contribution >= 4 is 35.3 Å². The number of nitrogens with zero attached hydrogens (tertiary/aromatic N) is 1. The second kappa shape index (κ2) is 8.88. The maximum Gasteiger partial charge on any atom is 0.355 e. The molecule has 0 aliphatic rings. The van der Waals surface area contributed by atoms with Crippen LogP contribution in [-0.4, -0.2) is 40.0 Å². The van der Waals surface area contributed by atoms with Crippen LogP contribution in [0.5, 0.6) is 0 Å². The maximum atomic E-state index is 12.5. The Hall–Kier alpha value is -2.87. The number of nitrogens with one attached hydrogen (secondary N) is 2. The zero-order valence-corrected chi connectivity index (χ0v) is 17.0. The van der Waals surface area contributed by atoms with Crippen LogP contribution >= 0.6 is 11.6 Å². The van der Waals surface area contributed by atoms with E-state index in [0.717, 1.165) is 0 Å². The van der Waals surface area contributed by atoms with Gasteiger partial charge in [-0.3, -0.25) is 4.79 Å². The fourth-order valence-electron chi connectivity index (χ4n) is 2.48. The number of ether oxygens (including phenoxy) is 2. The van der Waals surface area contributed by atoms with E-state index >= 15 is 0 Å². The molecule has 2 aromatic heterocycles. The third-order valence-electron chi connectivity index (χ3n) is 3.82. The molecule has 1 atom stereocenters. The lowest BCUT2D eigenvalue weighted by atomic mass is 10.1. The second-order valence-electron chi connectivity index (χ2n) is 6.48. The van der Waals surface area contributed by atoms with Gasteiger partial charge in [-0.1, -0.05) is 11.6 Å². The molecular weight excluding hydrogens is 386 g/mol. The van der Waals surface area contributed by atoms with Crippen molar-refractivity contribution in [3.63, 3.8) is 0 Å². The topological polar surface area (TPSA) is 110 Å². The molecule has 1 amide bonds. The van der Waals surface area contributed by atoms with E-state index < -0.39 is 23.9 Å². The number of amides is 1. The van der Waals surface area contributed by atoms with E-state index in [2.05, 4.69) is 15.3 Å². The first-order valence-corrected chi connectivity index (χ1v) is 9.01. The number of aryl methyl sites for hydroxylation is 1. The highest BCUT2D eigenvalue weighted by Gasteiger charge is 2.27. The van der Waals surface area contributed by atoms with Gasteiger partial charge in [-0.05, 0) is 52.3 Å². The van der Waals surface area contributed by atoms with Crippen molar-refractivity contribution in [2.24, 2.45) is 0 Å². The SMILES string of the molecule is Cc1[nH]c(C(=O)OC(C)C(=O)Nc2ccc(Cl)cn2)c(C)c1C(=O)OC(C)C. The summed E-state index contributed by atoms with van der Waals surface area (Å²) in [5, 5.41) is 2.96. The Morgan fingerprint density at radius 2 is 1.79 bits per heavy atom. The van der Waals surface area contributed by atoms with Crippen LogP contribution in [0.3, 0.4) is 0 Å². The van der Waals surface area contributed by atoms with Gasteiger partial charge in [0.15, 0.2) is 6.10 Å². The van der Waals surface area contributed by atoms with E-state index in [4.69, 9.17) is 21.1 Å². The highest BCUT2D eigenvalue weighted by Crippen LogP contribution is 2.21. The van der Waals surface area contributed by atoms with E-state index in [-0.39, 0.29) is 23.2 Å². The van der Waals surface area contributed by atoms with E-state index in [1.807, 2.05) is 0 Å². The average Bonchev–Trinajstić information content (AvgIpc) is 2.90. The molecule has 0 aliphatic carbocycles. The number of carbonyl (C=O) groups is 3. The highest BCUT2D eigenvalue weighted by atomic mass is 35.5. The van der Waals surface area contributed by atoms with Gasteiger partial charge in [-0.2, -0.15) is 0 Å². The quantitative estimate of drug-likeness (QED) is 0.710. The Kier molecular flexibility index (Phi) is 6.80. The molecule has 0 spiro atoms. The van der Waals surface area contributed by atoms with Gasteiger partial charge < -0.3 is 19.8 Å². The molecule has 2 N–H and O–H groups in total. The van der Waals surface area contributed by atoms with Gasteiger partial charge in [-0.25, -0.2) is 14.6 Å². The number of esters is 2. The number of hydrogen-bond acceptors (Lipinski definition) is 6. The van der Waals surface area contributed by atoms with E-state index in [1.165, 1.54) is 19.2 Å². The monoisotopic (exact) mass is 407 g/mol. The Morgan fingerprint density at radius 3 is 2.36 bits per heavy atom. The molecule has 1 unspecified atom stereocenters. The summed E-state index contributed by atoms with van der Waals surface area (Å²) in [4.78, 5) is 43.7. The van der Waals surface area contributed by atoms with Crippen LogP contribution in [0.4, 0.5) is 5.82 Å². The molecule has 0 fully saturated rings. The van der Waals surface area contributed by atoms with Crippen molar-refractivity contribution < 1.29 is 23.9 Å². The van der Waals surface area contributed by atoms with Crippen LogP contribution in [0.25, 0.3) is 0 Å². The van der Waals surface area contributed by atoms with Crippen LogP contribution in [0.15, 0.2) is 18.3 Å². The van der Waals surface area contributed by atoms with Gasteiger partial charge in [0.1, 0.15) is 11.5 Å². The third kappa shape index (κ3) is 5.10. The lowest BCUT2D eigenvalue weighted by Crippen LogP contribution is -2.30. The standard InChI is InChI=1S/C19H22ClN3O5/c1-9(2)27-18(25)15-10(3)16(22-11(15)4)19(26)28-12(5)17(24)23-14-7-6-13(20)8-21-14/h6-9,12,22H,1-5H3,(H,21,23,24). The Balaban J connectivity index is 2.08. The van der Waals surface area contributed by atoms with Gasteiger partial charge in [0.05, 0.1) is 16.7 Å². The molecule has 0 aliphatic heterocycles. The number of rotatable bonds is 6. The molecule has 150 valence electrons. The molecule has 0 radical (unpaired) electrons. The van der Waals surface area contributed by atoms with Crippen LogP contribution in [-0.2, 0) is 14.3 Å². The molecule has 2 aromatic rings. The zero-order valence-electron chi connectivity index (χ0n) is 16.3. The van der Waals surface area contributed by atoms with Gasteiger partial charge in [0, 0.05) is 11.9 Å². The van der Waals surface area contributed by atoms with Crippen molar-refractivity contribution in [1.82, 2.24) is 9.97 Å². The van der Waals surface area contributed by atoms with Crippen molar-refractivity contribution in [3.8, 4) is 0 Å². The van der Waals surface area contributed by atoms with Crippen molar-refractivity contribution in [2.45, 2.75) is 46.8 Å². The largest absolute Gasteiger partial charge is 0.459 e. The minimum absolute atomic E-state index is 0.0949. The summed E-state index contributed by atoms with van der Waals surface area (Å²) in [7, 11) is 0. The van der Waals surface area contributed by atoms with Gasteiger partial charge in [0.25, 0.3) is 5.91 Å². The van der Waals surface area contributed by atoms with Crippen molar-refractivity contribution in [1.29, 1.82) is 0 Å². The summed E-state index contributed by atoms with van der Waals surface area (Å²) in [6, 6.07) is 3.10. The number of anilines is 1. The highest BCUT2D eigenvalue weighted by molar-refractivity contribution is 6.30. The smallest absolute Gasteiger partial charge is 0.355 e. The molecule has 2 rings (SSSR count). The maximum absolute atomic E-state index is 12.5. The summed E-state index contributed by atoms with van der Waals surface area (Å²) >= 11 is 5.75. The minimum Gasteiger partial charge on any atom is -0.459 e. The zero-order chi connectivity index (χ0) is 21.0. The Bertz CT molecular complexity index is 890. The van der Waals surface area contributed by atoms with E-state index in [1.54, 1.807) is 33.8 Å². The predicted octanol–water partition coefficient (Wildman–Crippen LogP) is 3.43. The van der Waals surface area contributed by atoms with Crippen LogP contribution in [0.1, 0.15) is 52.9 Å². The molecule has 0 aromatic carbocycles. The van der Waals surface area contributed by atoms with Crippen molar-refractivity contribution in [2.75, 3.05) is 5.32 Å². The third-order valence-corrected chi connectivity index (χ3v) is 4.04. The first-order valence-electron chi connectivity index (χ1n) is 8.63. The summed E-state index contributed by atoms with van der Waals surface area (Å²) in [6.45, 7) is 8.17. The number of pyridine rings is 1. The lowest BCUT2D eigenvalue weighted by molar-refractivity contribution is -0.123. The van der Waals surface area contributed by atoms with Crippen LogP contribution < -0.4 is 5.32 Å². The van der Waals surface area contributed by atoms with Crippen LogP contribution in [0.2, 0.25) is 5.02 Å². The lowest BCUT2D eigenvalue weighted by Gasteiger charge is -2.13.